The van der Waals surface area contributed by atoms with E-state index in [1.807, 2.05) is 0 Å². The van der Waals surface area contributed by atoms with Crippen molar-refractivity contribution in [3.8, 4) is 0 Å². The number of carbonyl (C=O) groups excluding carboxylic acids is 1. The van der Waals surface area contributed by atoms with Crippen molar-refractivity contribution < 1.29 is 4.79 Å². The number of rotatable bonds is 5. The van der Waals surface area contributed by atoms with Gasteiger partial charge < -0.3 is 14.7 Å². The highest BCUT2D eigenvalue weighted by Gasteiger charge is 2.22. The van der Waals surface area contributed by atoms with Gasteiger partial charge in [0.25, 0.3) is 5.91 Å². The van der Waals surface area contributed by atoms with Crippen LogP contribution in [0.2, 0.25) is 4.47 Å². The molecule has 0 saturated carbocycles. The quantitative estimate of drug-likeness (QED) is 0.813. The van der Waals surface area contributed by atoms with E-state index in [0.29, 0.717) is 22.1 Å². The fourth-order valence-electron chi connectivity index (χ4n) is 2.48. The number of nitrogens with zero attached hydrogens (tertiary/aromatic N) is 5. The van der Waals surface area contributed by atoms with Crippen LogP contribution < -0.4 is 0 Å². The van der Waals surface area contributed by atoms with Crippen molar-refractivity contribution in [3.05, 3.63) is 9.47 Å². The fraction of sp³-hybridized carbons (Fsp3) is 0.769. The highest BCUT2D eigenvalue weighted by molar-refractivity contribution is 7.17. The molecular weight excluding hydrogens is 310 g/mol. The van der Waals surface area contributed by atoms with Crippen LogP contribution in [0, 0.1) is 0 Å². The maximum Gasteiger partial charge on any atom is 0.284 e. The van der Waals surface area contributed by atoms with Crippen molar-refractivity contribution in [1.82, 2.24) is 24.9 Å². The molecule has 0 aromatic carbocycles. The van der Waals surface area contributed by atoms with E-state index in [9.17, 15) is 4.79 Å². The van der Waals surface area contributed by atoms with Crippen LogP contribution in [-0.2, 0) is 0 Å². The summed E-state index contributed by atoms with van der Waals surface area (Å²) in [7, 11) is 6.09. The molecule has 118 valence electrons. The summed E-state index contributed by atoms with van der Waals surface area (Å²) in [4.78, 5) is 18.5. The molecule has 2 heterocycles. The highest BCUT2D eigenvalue weighted by atomic mass is 35.5. The Morgan fingerprint density at radius 1 is 1.33 bits per heavy atom. The van der Waals surface area contributed by atoms with E-state index in [4.69, 9.17) is 11.6 Å². The Morgan fingerprint density at radius 2 is 2.00 bits per heavy atom. The zero-order chi connectivity index (χ0) is 15.4. The van der Waals surface area contributed by atoms with Crippen LogP contribution in [0.4, 0.5) is 0 Å². The Morgan fingerprint density at radius 3 is 2.57 bits per heavy atom. The lowest BCUT2D eigenvalue weighted by Crippen LogP contribution is -2.44. The summed E-state index contributed by atoms with van der Waals surface area (Å²) >= 11 is 6.83. The third-order valence-electron chi connectivity index (χ3n) is 4.03. The summed E-state index contributed by atoms with van der Waals surface area (Å²) in [6.07, 6.45) is 2.38. The Balaban J connectivity index is 1.78. The second-order valence-electron chi connectivity index (χ2n) is 5.60. The minimum Gasteiger partial charge on any atom is -0.338 e. The Hall–Kier alpha value is -0.760. The minimum absolute atomic E-state index is 0.115. The lowest BCUT2D eigenvalue weighted by Gasteiger charge is -2.35. The number of halogens is 1. The Bertz CT molecular complexity index is 475. The number of likely N-dealkylation sites (tertiary alicyclic amines) is 1. The molecule has 1 saturated heterocycles. The van der Waals surface area contributed by atoms with Gasteiger partial charge in [0.1, 0.15) is 0 Å². The van der Waals surface area contributed by atoms with Crippen molar-refractivity contribution in [2.24, 2.45) is 0 Å². The Kier molecular flexibility index (Phi) is 5.92. The van der Waals surface area contributed by atoms with Gasteiger partial charge in [-0.05, 0) is 51.6 Å². The molecule has 0 spiro atoms. The van der Waals surface area contributed by atoms with Gasteiger partial charge in [-0.15, -0.1) is 10.2 Å². The van der Waals surface area contributed by atoms with E-state index in [0.717, 1.165) is 31.0 Å². The monoisotopic (exact) mass is 331 g/mol. The molecule has 0 unspecified atom stereocenters. The molecule has 0 bridgehead atoms. The number of hydrogen-bond acceptors (Lipinski definition) is 6. The van der Waals surface area contributed by atoms with Gasteiger partial charge in [0, 0.05) is 26.2 Å². The van der Waals surface area contributed by atoms with E-state index in [2.05, 4.69) is 34.1 Å². The largest absolute Gasteiger partial charge is 0.338 e. The molecule has 1 fully saturated rings. The van der Waals surface area contributed by atoms with Crippen molar-refractivity contribution in [2.45, 2.75) is 18.9 Å². The number of piperidine rings is 1. The molecule has 0 radical (unpaired) electrons. The number of carbonyl (C=O) groups is 1. The van der Waals surface area contributed by atoms with Gasteiger partial charge in [-0.3, -0.25) is 4.79 Å². The second kappa shape index (κ2) is 7.49. The second-order valence-corrected chi connectivity index (χ2v) is 7.16. The van der Waals surface area contributed by atoms with Gasteiger partial charge in [0.15, 0.2) is 0 Å². The molecule has 1 aromatic rings. The average molecular weight is 332 g/mol. The summed E-state index contributed by atoms with van der Waals surface area (Å²) < 4.78 is 0.301. The molecule has 21 heavy (non-hydrogen) atoms. The van der Waals surface area contributed by atoms with Crippen molar-refractivity contribution >= 4 is 28.8 Å². The van der Waals surface area contributed by atoms with Gasteiger partial charge in [0.2, 0.25) is 9.47 Å². The van der Waals surface area contributed by atoms with Crippen LogP contribution in [0.15, 0.2) is 0 Å². The summed E-state index contributed by atoms with van der Waals surface area (Å²) in [6, 6.07) is 0.612. The van der Waals surface area contributed by atoms with Crippen molar-refractivity contribution in [3.63, 3.8) is 0 Å². The zero-order valence-corrected chi connectivity index (χ0v) is 14.3. The third-order valence-corrected chi connectivity index (χ3v) is 5.04. The summed E-state index contributed by atoms with van der Waals surface area (Å²) in [5.74, 6) is -0.115. The lowest BCUT2D eigenvalue weighted by molar-refractivity contribution is 0.0757. The topological polar surface area (TPSA) is 52.6 Å². The van der Waals surface area contributed by atoms with E-state index in [-0.39, 0.29) is 5.91 Å². The Labute approximate surface area is 134 Å². The molecule has 1 aliphatic rings. The van der Waals surface area contributed by atoms with Crippen LogP contribution in [0.1, 0.15) is 22.6 Å². The molecule has 8 heteroatoms. The number of hydrogen-bond donors (Lipinski definition) is 0. The van der Waals surface area contributed by atoms with Gasteiger partial charge >= 0.3 is 0 Å². The van der Waals surface area contributed by atoms with Gasteiger partial charge in [0.05, 0.1) is 0 Å². The van der Waals surface area contributed by atoms with Crippen LogP contribution in [0.25, 0.3) is 0 Å². The molecule has 1 amide bonds. The normalized spacial score (nSPS) is 17.4. The first kappa shape index (κ1) is 16.6. The van der Waals surface area contributed by atoms with Crippen molar-refractivity contribution in [1.29, 1.82) is 0 Å². The van der Waals surface area contributed by atoms with Crippen LogP contribution in [-0.4, -0.2) is 84.2 Å². The maximum absolute atomic E-state index is 12.1. The first-order chi connectivity index (χ1) is 9.97. The van der Waals surface area contributed by atoms with E-state index >= 15 is 0 Å². The third kappa shape index (κ3) is 4.60. The van der Waals surface area contributed by atoms with Gasteiger partial charge in [-0.25, -0.2) is 0 Å². The predicted octanol–water partition coefficient (Wildman–Crippen LogP) is 1.29. The first-order valence-electron chi connectivity index (χ1n) is 7.10. The minimum atomic E-state index is -0.115. The highest BCUT2D eigenvalue weighted by Crippen LogP contribution is 2.17. The van der Waals surface area contributed by atoms with E-state index in [1.165, 1.54) is 12.8 Å². The standard InChI is InChI=1S/C13H22ClN5OS/c1-17-6-4-10(5-7-17)18(2)8-9-19(3)12(20)11-15-16-13(14)21-11/h10H,4-9H2,1-3H3. The molecule has 2 rings (SSSR count). The summed E-state index contributed by atoms with van der Waals surface area (Å²) in [5, 5.41) is 7.81. The van der Waals surface area contributed by atoms with E-state index in [1.54, 1.807) is 11.9 Å². The first-order valence-corrected chi connectivity index (χ1v) is 8.30. The zero-order valence-electron chi connectivity index (χ0n) is 12.8. The smallest absolute Gasteiger partial charge is 0.284 e. The molecule has 0 atom stereocenters. The van der Waals surface area contributed by atoms with E-state index < -0.39 is 0 Å². The predicted molar refractivity (Wildman–Crippen MR) is 85.0 cm³/mol. The van der Waals surface area contributed by atoms with Gasteiger partial charge in [-0.2, -0.15) is 0 Å². The molecule has 1 aromatic heterocycles. The van der Waals surface area contributed by atoms with Crippen LogP contribution >= 0.6 is 22.9 Å². The molecule has 1 aliphatic heterocycles. The number of aromatic nitrogens is 2. The molecule has 0 aliphatic carbocycles. The van der Waals surface area contributed by atoms with Crippen LogP contribution in [0.3, 0.4) is 0 Å². The SMILES string of the molecule is CN1CCC(N(C)CCN(C)C(=O)c2nnc(Cl)s2)CC1. The summed E-state index contributed by atoms with van der Waals surface area (Å²) in [6.45, 7) is 3.84. The number of likely N-dealkylation sites (N-methyl/N-ethyl adjacent to an activating group) is 2. The average Bonchev–Trinajstić information content (AvgIpc) is 2.91. The lowest BCUT2D eigenvalue weighted by atomic mass is 10.0. The fourth-order valence-corrected chi connectivity index (χ4v) is 3.31. The number of amides is 1. The van der Waals surface area contributed by atoms with Crippen molar-refractivity contribution in [2.75, 3.05) is 47.3 Å². The van der Waals surface area contributed by atoms with Crippen LogP contribution in [0.5, 0.6) is 0 Å². The summed E-state index contributed by atoms with van der Waals surface area (Å²) in [5.41, 5.74) is 0. The molecule has 0 N–H and O–H groups in total. The molecular formula is C13H22ClN5OS. The van der Waals surface area contributed by atoms with Gasteiger partial charge in [-0.1, -0.05) is 11.3 Å². The molecule has 6 nitrogen and oxygen atoms in total. The maximum atomic E-state index is 12.1.